The summed E-state index contributed by atoms with van der Waals surface area (Å²) in [5, 5.41) is 5.50. The lowest BCUT2D eigenvalue weighted by Crippen LogP contribution is -2.25. The van der Waals surface area contributed by atoms with Crippen LogP contribution < -0.4 is 24.8 Å². The van der Waals surface area contributed by atoms with Crippen LogP contribution in [0.4, 0.5) is 11.4 Å². The zero-order valence-corrected chi connectivity index (χ0v) is 18.0. The highest BCUT2D eigenvalue weighted by molar-refractivity contribution is 6.29. The third-order valence-electron chi connectivity index (χ3n) is 4.60. The minimum absolute atomic E-state index is 0.102. The van der Waals surface area contributed by atoms with Gasteiger partial charge >= 0.3 is 0 Å². The summed E-state index contributed by atoms with van der Waals surface area (Å²) in [4.78, 5) is 26.3. The first-order valence-corrected chi connectivity index (χ1v) is 9.80. The highest BCUT2D eigenvalue weighted by Gasteiger charge is 2.21. The standard InChI is InChI=1S/C25H24N2O5/c1-30-18-10-8-9-17(15-18)16-19(24(28)26-20-11-4-6-13-22(20)31-2)25(29)27-21-12-5-7-14-23(21)32-3/h4-16H,1-3H3,(H,26,28)(H,27,29). The first kappa shape index (κ1) is 22.4. The van der Waals surface area contributed by atoms with Gasteiger partial charge in [-0.15, -0.1) is 0 Å². The Bertz CT molecular complexity index is 1080. The number of ether oxygens (including phenoxy) is 3. The number of para-hydroxylation sites is 4. The SMILES string of the molecule is COc1cccc(C=C(C(=O)Nc2ccccc2OC)C(=O)Nc2ccccc2OC)c1. The molecule has 0 bridgehead atoms. The first-order chi connectivity index (χ1) is 15.5. The number of hydrogen-bond acceptors (Lipinski definition) is 5. The van der Waals surface area contributed by atoms with E-state index < -0.39 is 11.8 Å². The molecule has 3 aromatic rings. The quantitative estimate of drug-likeness (QED) is 0.314. The molecule has 2 N–H and O–H groups in total. The van der Waals surface area contributed by atoms with Crippen molar-refractivity contribution >= 4 is 29.3 Å². The van der Waals surface area contributed by atoms with E-state index in [0.717, 1.165) is 0 Å². The molecule has 3 rings (SSSR count). The molecule has 0 spiro atoms. The molecular weight excluding hydrogens is 408 g/mol. The molecule has 164 valence electrons. The average Bonchev–Trinajstić information content (AvgIpc) is 2.83. The maximum atomic E-state index is 13.2. The van der Waals surface area contributed by atoms with E-state index in [1.165, 1.54) is 20.3 Å². The molecule has 7 heteroatoms. The van der Waals surface area contributed by atoms with Crippen molar-refractivity contribution in [1.29, 1.82) is 0 Å². The van der Waals surface area contributed by atoms with Gasteiger partial charge in [-0.3, -0.25) is 9.59 Å². The fourth-order valence-corrected chi connectivity index (χ4v) is 3.01. The van der Waals surface area contributed by atoms with E-state index in [1.54, 1.807) is 79.9 Å². The summed E-state index contributed by atoms with van der Waals surface area (Å²) in [6.07, 6.45) is 1.50. The molecule has 32 heavy (non-hydrogen) atoms. The number of rotatable bonds is 8. The Morgan fingerprint density at radius 3 is 1.72 bits per heavy atom. The van der Waals surface area contributed by atoms with Crippen molar-refractivity contribution in [3.05, 3.63) is 83.9 Å². The number of benzene rings is 3. The third-order valence-corrected chi connectivity index (χ3v) is 4.60. The summed E-state index contributed by atoms with van der Waals surface area (Å²) < 4.78 is 15.8. The number of amides is 2. The van der Waals surface area contributed by atoms with Gasteiger partial charge in [0.25, 0.3) is 11.8 Å². The lowest BCUT2D eigenvalue weighted by atomic mass is 10.1. The Hall–Kier alpha value is -4.26. The molecule has 0 aliphatic heterocycles. The summed E-state index contributed by atoms with van der Waals surface area (Å²) in [6, 6.07) is 21.0. The Kier molecular flexibility index (Phi) is 7.48. The van der Waals surface area contributed by atoms with Crippen LogP contribution in [-0.4, -0.2) is 33.1 Å². The van der Waals surface area contributed by atoms with E-state index in [1.807, 2.05) is 0 Å². The van der Waals surface area contributed by atoms with Gasteiger partial charge in [0.05, 0.1) is 32.7 Å². The van der Waals surface area contributed by atoms with Gasteiger partial charge in [-0.2, -0.15) is 0 Å². The van der Waals surface area contributed by atoms with E-state index in [0.29, 0.717) is 34.2 Å². The van der Waals surface area contributed by atoms with Crippen molar-refractivity contribution in [2.75, 3.05) is 32.0 Å². The van der Waals surface area contributed by atoms with Crippen LogP contribution >= 0.6 is 0 Å². The van der Waals surface area contributed by atoms with Gasteiger partial charge in [0.1, 0.15) is 22.8 Å². The number of methoxy groups -OCH3 is 3. The van der Waals surface area contributed by atoms with Gasteiger partial charge in [0, 0.05) is 0 Å². The van der Waals surface area contributed by atoms with Crippen LogP contribution in [0.1, 0.15) is 5.56 Å². The smallest absolute Gasteiger partial charge is 0.261 e. The second-order valence-electron chi connectivity index (χ2n) is 6.64. The highest BCUT2D eigenvalue weighted by Crippen LogP contribution is 2.26. The Labute approximate surface area is 186 Å². The second kappa shape index (κ2) is 10.7. The molecule has 0 heterocycles. The summed E-state index contributed by atoms with van der Waals surface area (Å²) in [6.45, 7) is 0. The first-order valence-electron chi connectivity index (χ1n) is 9.80. The van der Waals surface area contributed by atoms with Crippen molar-refractivity contribution in [3.8, 4) is 17.2 Å². The normalized spacial score (nSPS) is 9.97. The lowest BCUT2D eigenvalue weighted by Gasteiger charge is -2.14. The van der Waals surface area contributed by atoms with Gasteiger partial charge in [-0.05, 0) is 48.0 Å². The van der Waals surface area contributed by atoms with Crippen molar-refractivity contribution in [3.63, 3.8) is 0 Å². The predicted octanol–water partition coefficient (Wildman–Crippen LogP) is 4.37. The van der Waals surface area contributed by atoms with Crippen molar-refractivity contribution in [2.45, 2.75) is 0 Å². The summed E-state index contributed by atoms with van der Waals surface area (Å²) in [7, 11) is 4.56. The van der Waals surface area contributed by atoms with E-state index in [4.69, 9.17) is 14.2 Å². The van der Waals surface area contributed by atoms with Crippen molar-refractivity contribution in [2.24, 2.45) is 0 Å². The minimum Gasteiger partial charge on any atom is -0.497 e. The van der Waals surface area contributed by atoms with Crippen LogP contribution in [-0.2, 0) is 9.59 Å². The van der Waals surface area contributed by atoms with E-state index in [-0.39, 0.29) is 5.57 Å². The van der Waals surface area contributed by atoms with E-state index >= 15 is 0 Å². The van der Waals surface area contributed by atoms with Crippen molar-refractivity contribution < 1.29 is 23.8 Å². The summed E-state index contributed by atoms with van der Waals surface area (Å²) in [5.74, 6) is 0.376. The molecule has 0 radical (unpaired) electrons. The molecular formula is C25H24N2O5. The predicted molar refractivity (Wildman–Crippen MR) is 124 cm³/mol. The molecule has 0 atom stereocenters. The van der Waals surface area contributed by atoms with E-state index in [2.05, 4.69) is 10.6 Å². The van der Waals surface area contributed by atoms with Crippen LogP contribution in [0.5, 0.6) is 17.2 Å². The number of nitrogens with one attached hydrogen (secondary N) is 2. The van der Waals surface area contributed by atoms with Gasteiger partial charge in [0.15, 0.2) is 0 Å². The molecule has 0 saturated heterocycles. The fraction of sp³-hybridized carbons (Fsp3) is 0.120. The lowest BCUT2D eigenvalue weighted by molar-refractivity contribution is -0.118. The van der Waals surface area contributed by atoms with E-state index in [9.17, 15) is 9.59 Å². The van der Waals surface area contributed by atoms with Crippen LogP contribution in [0, 0.1) is 0 Å². The molecule has 0 unspecified atom stereocenters. The molecule has 0 saturated carbocycles. The number of hydrogen-bond donors (Lipinski definition) is 2. The largest absolute Gasteiger partial charge is 0.497 e. The molecule has 3 aromatic carbocycles. The van der Waals surface area contributed by atoms with Crippen molar-refractivity contribution in [1.82, 2.24) is 0 Å². The molecule has 2 amide bonds. The fourth-order valence-electron chi connectivity index (χ4n) is 3.01. The monoisotopic (exact) mass is 432 g/mol. The van der Waals surface area contributed by atoms with Gasteiger partial charge in [-0.25, -0.2) is 0 Å². The number of carbonyl (C=O) groups excluding carboxylic acids is 2. The maximum absolute atomic E-state index is 13.2. The Morgan fingerprint density at radius 1 is 0.688 bits per heavy atom. The highest BCUT2D eigenvalue weighted by atomic mass is 16.5. The Balaban J connectivity index is 1.97. The zero-order valence-electron chi connectivity index (χ0n) is 18.0. The number of anilines is 2. The average molecular weight is 432 g/mol. The van der Waals surface area contributed by atoms with Gasteiger partial charge in [0.2, 0.25) is 0 Å². The van der Waals surface area contributed by atoms with Crippen LogP contribution in [0.2, 0.25) is 0 Å². The molecule has 0 aromatic heterocycles. The maximum Gasteiger partial charge on any atom is 0.261 e. The van der Waals surface area contributed by atoms with Gasteiger partial charge in [-0.1, -0.05) is 36.4 Å². The van der Waals surface area contributed by atoms with Crippen LogP contribution in [0.3, 0.4) is 0 Å². The number of carbonyl (C=O) groups is 2. The third kappa shape index (κ3) is 5.46. The van der Waals surface area contributed by atoms with Crippen LogP contribution in [0.25, 0.3) is 6.08 Å². The molecule has 0 aliphatic carbocycles. The molecule has 0 aliphatic rings. The molecule has 0 fully saturated rings. The second-order valence-corrected chi connectivity index (χ2v) is 6.64. The van der Waals surface area contributed by atoms with Crippen LogP contribution in [0.15, 0.2) is 78.4 Å². The summed E-state index contributed by atoms with van der Waals surface area (Å²) in [5.41, 5.74) is 1.42. The topological polar surface area (TPSA) is 85.9 Å². The van der Waals surface area contributed by atoms with Gasteiger partial charge < -0.3 is 24.8 Å². The zero-order chi connectivity index (χ0) is 22.9. The summed E-state index contributed by atoms with van der Waals surface area (Å²) >= 11 is 0. The minimum atomic E-state index is -0.593. The molecule has 7 nitrogen and oxygen atoms in total. The Morgan fingerprint density at radius 2 is 1.22 bits per heavy atom.